The van der Waals surface area contributed by atoms with Crippen molar-refractivity contribution in [3.8, 4) is 0 Å². The Balaban J connectivity index is 0.00000280. The van der Waals surface area contributed by atoms with Crippen LogP contribution in [0.15, 0.2) is 42.5 Å². The number of carbonyl (C=O) groups is 1. The van der Waals surface area contributed by atoms with Crippen molar-refractivity contribution in [2.45, 2.75) is 19.8 Å². The molecule has 2 aromatic carbocycles. The zero-order chi connectivity index (χ0) is 19.4. The van der Waals surface area contributed by atoms with Crippen LogP contribution < -0.4 is 4.90 Å². The molecule has 3 rings (SSSR count). The van der Waals surface area contributed by atoms with Crippen molar-refractivity contribution in [1.29, 1.82) is 0 Å². The molecule has 0 aliphatic heterocycles. The highest BCUT2D eigenvalue weighted by molar-refractivity contribution is 7.22. The van der Waals surface area contributed by atoms with Crippen LogP contribution in [-0.4, -0.2) is 43.0 Å². The van der Waals surface area contributed by atoms with E-state index in [0.717, 1.165) is 34.3 Å². The lowest BCUT2D eigenvalue weighted by Gasteiger charge is -2.21. The van der Waals surface area contributed by atoms with E-state index in [2.05, 4.69) is 9.88 Å². The number of amides is 1. The average molecular weight is 422 g/mol. The molecule has 0 unspecified atom stereocenters. The smallest absolute Gasteiger partial charge is 0.233 e. The molecule has 0 radical (unpaired) electrons. The third-order valence-corrected chi connectivity index (χ3v) is 5.34. The number of anilines is 1. The van der Waals surface area contributed by atoms with Crippen LogP contribution in [0.3, 0.4) is 0 Å². The molecule has 0 saturated heterocycles. The molecular weight excluding hydrogens is 397 g/mol. The minimum Gasteiger partial charge on any atom is -0.309 e. The van der Waals surface area contributed by atoms with Crippen LogP contribution in [-0.2, 0) is 11.2 Å². The van der Waals surface area contributed by atoms with E-state index in [-0.39, 0.29) is 24.1 Å². The van der Waals surface area contributed by atoms with E-state index >= 15 is 0 Å². The zero-order valence-corrected chi connectivity index (χ0v) is 17.9. The Morgan fingerprint density at radius 2 is 1.93 bits per heavy atom. The predicted octanol–water partition coefficient (Wildman–Crippen LogP) is 4.69. The van der Waals surface area contributed by atoms with Gasteiger partial charge in [-0.15, -0.1) is 12.4 Å². The van der Waals surface area contributed by atoms with Gasteiger partial charge in [-0.2, -0.15) is 0 Å². The van der Waals surface area contributed by atoms with Crippen LogP contribution in [0.1, 0.15) is 17.5 Å². The summed E-state index contributed by atoms with van der Waals surface area (Å²) < 4.78 is 14.3. The molecule has 0 atom stereocenters. The van der Waals surface area contributed by atoms with Crippen LogP contribution in [0.4, 0.5) is 9.52 Å². The number of hydrogen-bond acceptors (Lipinski definition) is 4. The molecule has 3 aromatic rings. The van der Waals surface area contributed by atoms with Gasteiger partial charge in [0.2, 0.25) is 5.91 Å². The van der Waals surface area contributed by atoms with E-state index in [1.807, 2.05) is 45.3 Å². The van der Waals surface area contributed by atoms with E-state index in [4.69, 9.17) is 0 Å². The molecule has 0 aliphatic carbocycles. The molecule has 1 heterocycles. The van der Waals surface area contributed by atoms with Crippen LogP contribution in [0, 0.1) is 12.7 Å². The molecule has 0 bridgehead atoms. The van der Waals surface area contributed by atoms with Gasteiger partial charge < -0.3 is 4.90 Å². The highest BCUT2D eigenvalue weighted by Gasteiger charge is 2.20. The predicted molar refractivity (Wildman–Crippen MR) is 117 cm³/mol. The zero-order valence-electron chi connectivity index (χ0n) is 16.3. The summed E-state index contributed by atoms with van der Waals surface area (Å²) in [5, 5.41) is 0.631. The molecular formula is C21H25ClFN3OS. The first-order valence-corrected chi connectivity index (χ1v) is 9.81. The Labute approximate surface area is 175 Å². The summed E-state index contributed by atoms with van der Waals surface area (Å²) in [6, 6.07) is 12.5. The number of halogens is 2. The first-order valence-electron chi connectivity index (χ1n) is 8.99. The first-order chi connectivity index (χ1) is 12.9. The Morgan fingerprint density at radius 3 is 2.64 bits per heavy atom. The van der Waals surface area contributed by atoms with Crippen LogP contribution >= 0.6 is 23.7 Å². The van der Waals surface area contributed by atoms with Crippen LogP contribution in [0.5, 0.6) is 0 Å². The summed E-state index contributed by atoms with van der Waals surface area (Å²) in [6.45, 7) is 3.49. The number of benzene rings is 2. The number of rotatable bonds is 7. The van der Waals surface area contributed by atoms with Crippen molar-refractivity contribution in [3.05, 3.63) is 59.4 Å². The third-order valence-electron chi connectivity index (χ3n) is 4.30. The van der Waals surface area contributed by atoms with Gasteiger partial charge in [-0.25, -0.2) is 9.37 Å². The Kier molecular flexibility index (Phi) is 7.92. The lowest BCUT2D eigenvalue weighted by atomic mass is 10.1. The lowest BCUT2D eigenvalue weighted by Crippen LogP contribution is -2.34. The summed E-state index contributed by atoms with van der Waals surface area (Å²) in [7, 11) is 4.03. The molecule has 0 fully saturated rings. The van der Waals surface area contributed by atoms with E-state index in [1.54, 1.807) is 11.0 Å². The summed E-state index contributed by atoms with van der Waals surface area (Å²) in [5.74, 6) is -0.276. The van der Waals surface area contributed by atoms with Crippen molar-refractivity contribution in [1.82, 2.24) is 9.88 Å². The highest BCUT2D eigenvalue weighted by atomic mass is 35.5. The van der Waals surface area contributed by atoms with E-state index in [1.165, 1.54) is 23.5 Å². The maximum absolute atomic E-state index is 13.5. The van der Waals surface area contributed by atoms with Gasteiger partial charge >= 0.3 is 0 Å². The number of fused-ring (bicyclic) bond motifs is 1. The average Bonchev–Trinajstić information content (AvgIpc) is 3.01. The number of nitrogens with zero attached hydrogens (tertiary/aromatic N) is 3. The Hall–Kier alpha value is -2.02. The quantitative estimate of drug-likeness (QED) is 0.555. The summed E-state index contributed by atoms with van der Waals surface area (Å²) >= 11 is 1.36. The van der Waals surface area contributed by atoms with Gasteiger partial charge in [0.15, 0.2) is 5.13 Å². The standard InChI is InChI=1S/C21H24FN3OS.ClH/c1-15-6-4-7-16(12-15)13-20(26)25(11-5-10-24(2)3)21-23-18-9-8-17(22)14-19(18)27-21;/h4,6-9,12,14H,5,10-11,13H2,1-3H3;1H. The number of hydrogen-bond donors (Lipinski definition) is 0. The van der Waals surface area contributed by atoms with Gasteiger partial charge in [0, 0.05) is 6.54 Å². The molecule has 7 heteroatoms. The molecule has 0 aliphatic rings. The molecule has 150 valence electrons. The monoisotopic (exact) mass is 421 g/mol. The Morgan fingerprint density at radius 1 is 1.14 bits per heavy atom. The number of carbonyl (C=O) groups excluding carboxylic acids is 1. The van der Waals surface area contributed by atoms with Crippen LogP contribution in [0.2, 0.25) is 0 Å². The maximum atomic E-state index is 13.5. The van der Waals surface area contributed by atoms with Crippen molar-refractivity contribution < 1.29 is 9.18 Å². The normalized spacial score (nSPS) is 10.9. The van der Waals surface area contributed by atoms with Crippen molar-refractivity contribution in [2.24, 2.45) is 0 Å². The van der Waals surface area contributed by atoms with Crippen molar-refractivity contribution >= 4 is 45.0 Å². The fourth-order valence-corrected chi connectivity index (χ4v) is 4.00. The van der Waals surface area contributed by atoms with Gasteiger partial charge in [0.05, 0.1) is 16.6 Å². The molecule has 4 nitrogen and oxygen atoms in total. The number of aromatic nitrogens is 1. The van der Waals surface area contributed by atoms with Crippen LogP contribution in [0.25, 0.3) is 10.2 Å². The second-order valence-corrected chi connectivity index (χ2v) is 7.99. The fourth-order valence-electron chi connectivity index (χ4n) is 2.97. The molecule has 0 spiro atoms. The maximum Gasteiger partial charge on any atom is 0.233 e. The molecule has 0 saturated carbocycles. The van der Waals surface area contributed by atoms with Gasteiger partial charge in [0.1, 0.15) is 5.82 Å². The largest absolute Gasteiger partial charge is 0.309 e. The third kappa shape index (κ3) is 5.74. The molecule has 1 aromatic heterocycles. The SMILES string of the molecule is Cc1cccc(CC(=O)N(CCCN(C)C)c2nc3ccc(F)cc3s2)c1.Cl. The van der Waals surface area contributed by atoms with E-state index in [9.17, 15) is 9.18 Å². The van der Waals surface area contributed by atoms with E-state index < -0.39 is 0 Å². The van der Waals surface area contributed by atoms with Crippen molar-refractivity contribution in [2.75, 3.05) is 32.1 Å². The van der Waals surface area contributed by atoms with Gasteiger partial charge in [-0.1, -0.05) is 41.2 Å². The van der Waals surface area contributed by atoms with Gasteiger partial charge in [0.25, 0.3) is 0 Å². The van der Waals surface area contributed by atoms with Gasteiger partial charge in [-0.3, -0.25) is 9.69 Å². The second-order valence-electron chi connectivity index (χ2n) is 6.98. The number of aryl methyl sites for hydroxylation is 1. The number of thiazole rings is 1. The first kappa shape index (κ1) is 22.3. The minimum absolute atomic E-state index is 0. The fraction of sp³-hybridized carbons (Fsp3) is 0.333. The lowest BCUT2D eigenvalue weighted by molar-refractivity contribution is -0.118. The van der Waals surface area contributed by atoms with Gasteiger partial charge in [-0.05, 0) is 57.7 Å². The molecule has 28 heavy (non-hydrogen) atoms. The summed E-state index contributed by atoms with van der Waals surface area (Å²) in [4.78, 5) is 21.5. The topological polar surface area (TPSA) is 36.4 Å². The second kappa shape index (κ2) is 9.96. The summed E-state index contributed by atoms with van der Waals surface area (Å²) in [5.41, 5.74) is 2.84. The summed E-state index contributed by atoms with van der Waals surface area (Å²) in [6.07, 6.45) is 1.17. The molecule has 1 amide bonds. The molecule has 0 N–H and O–H groups in total. The van der Waals surface area contributed by atoms with Crippen molar-refractivity contribution in [3.63, 3.8) is 0 Å². The van der Waals surface area contributed by atoms with E-state index in [0.29, 0.717) is 18.1 Å². The minimum atomic E-state index is -0.289. The Bertz CT molecular complexity index is 944. The highest BCUT2D eigenvalue weighted by Crippen LogP contribution is 2.30.